The van der Waals surface area contributed by atoms with Crippen molar-refractivity contribution in [2.45, 2.75) is 25.6 Å². The van der Waals surface area contributed by atoms with Gasteiger partial charge in [-0.15, -0.1) is 0 Å². The van der Waals surface area contributed by atoms with Crippen LogP contribution in [0.1, 0.15) is 18.9 Å². The molecule has 0 heterocycles. The summed E-state index contributed by atoms with van der Waals surface area (Å²) in [4.78, 5) is 0. The summed E-state index contributed by atoms with van der Waals surface area (Å²) in [7, 11) is 0. The number of aliphatic hydroxyl groups is 2. The van der Waals surface area contributed by atoms with Gasteiger partial charge in [-0.25, -0.2) is 0 Å². The monoisotopic (exact) mass is 192 g/mol. The van der Waals surface area contributed by atoms with Crippen LogP contribution in [0.15, 0.2) is 36.4 Å². The Morgan fingerprint density at radius 1 is 1.21 bits per heavy atom. The number of hydrogen-bond acceptors (Lipinski definition) is 2. The Morgan fingerprint density at radius 3 is 2.43 bits per heavy atom. The largest absolute Gasteiger partial charge is 0.393 e. The van der Waals surface area contributed by atoms with Crippen LogP contribution in [0.3, 0.4) is 0 Å². The summed E-state index contributed by atoms with van der Waals surface area (Å²) in [5.74, 6) is 0. The normalized spacial score (nSPS) is 15.6. The molecule has 2 N–H and O–H groups in total. The molecule has 0 bridgehead atoms. The van der Waals surface area contributed by atoms with Crippen LogP contribution < -0.4 is 0 Å². The van der Waals surface area contributed by atoms with E-state index in [1.54, 1.807) is 13.0 Å². The maximum absolute atomic E-state index is 9.43. The van der Waals surface area contributed by atoms with Gasteiger partial charge < -0.3 is 10.2 Å². The summed E-state index contributed by atoms with van der Waals surface area (Å²) in [6, 6.07) is 9.77. The smallest absolute Gasteiger partial charge is 0.0748 e. The van der Waals surface area contributed by atoms with Gasteiger partial charge in [-0.2, -0.15) is 0 Å². The van der Waals surface area contributed by atoms with Crippen molar-refractivity contribution in [1.29, 1.82) is 0 Å². The van der Waals surface area contributed by atoms with Gasteiger partial charge in [0.05, 0.1) is 12.2 Å². The molecule has 0 spiro atoms. The third-order valence-electron chi connectivity index (χ3n) is 1.89. The van der Waals surface area contributed by atoms with E-state index in [1.165, 1.54) is 0 Å². The first-order chi connectivity index (χ1) is 6.68. The molecule has 1 aromatic carbocycles. The highest BCUT2D eigenvalue weighted by Gasteiger charge is 2.02. The average molecular weight is 192 g/mol. The van der Waals surface area contributed by atoms with Gasteiger partial charge in [-0.3, -0.25) is 0 Å². The number of benzene rings is 1. The van der Waals surface area contributed by atoms with Crippen LogP contribution in [-0.2, 0) is 0 Å². The van der Waals surface area contributed by atoms with Gasteiger partial charge in [0, 0.05) is 6.42 Å². The molecule has 0 unspecified atom stereocenters. The molecular weight excluding hydrogens is 176 g/mol. The Bertz CT molecular complexity index is 278. The zero-order valence-electron chi connectivity index (χ0n) is 8.30. The Kier molecular flexibility index (Phi) is 4.36. The zero-order valence-corrected chi connectivity index (χ0v) is 8.30. The lowest BCUT2D eigenvalue weighted by Crippen LogP contribution is -2.11. The van der Waals surface area contributed by atoms with E-state index in [0.29, 0.717) is 6.42 Å². The Hall–Kier alpha value is -1.12. The van der Waals surface area contributed by atoms with Crippen molar-refractivity contribution >= 4 is 6.08 Å². The lowest BCUT2D eigenvalue weighted by molar-refractivity contribution is 0.117. The molecule has 1 aromatic rings. The van der Waals surface area contributed by atoms with Gasteiger partial charge in [0.2, 0.25) is 0 Å². The van der Waals surface area contributed by atoms with Crippen molar-refractivity contribution in [1.82, 2.24) is 0 Å². The Balaban J connectivity index is 2.48. The van der Waals surface area contributed by atoms with Gasteiger partial charge in [-0.05, 0) is 12.5 Å². The van der Waals surface area contributed by atoms with E-state index in [2.05, 4.69) is 0 Å². The molecule has 0 fully saturated rings. The van der Waals surface area contributed by atoms with Gasteiger partial charge in [0.15, 0.2) is 0 Å². The van der Waals surface area contributed by atoms with Crippen LogP contribution in [0.2, 0.25) is 0 Å². The fraction of sp³-hybridized carbons (Fsp3) is 0.333. The van der Waals surface area contributed by atoms with Gasteiger partial charge in [-0.1, -0.05) is 42.5 Å². The van der Waals surface area contributed by atoms with Crippen LogP contribution >= 0.6 is 0 Å². The molecule has 0 saturated heterocycles. The molecule has 0 aliphatic heterocycles. The topological polar surface area (TPSA) is 40.5 Å². The van der Waals surface area contributed by atoms with E-state index >= 15 is 0 Å². The minimum atomic E-state index is -0.574. The van der Waals surface area contributed by atoms with Crippen molar-refractivity contribution < 1.29 is 10.2 Å². The second kappa shape index (κ2) is 5.58. The highest BCUT2D eigenvalue weighted by molar-refractivity contribution is 5.49. The van der Waals surface area contributed by atoms with E-state index in [9.17, 15) is 5.11 Å². The summed E-state index contributed by atoms with van der Waals surface area (Å²) in [6.07, 6.45) is 2.89. The summed E-state index contributed by atoms with van der Waals surface area (Å²) < 4.78 is 0. The SMILES string of the molecule is C[C@H](O)C[C@H](O)/C=C\c1ccccc1. The predicted molar refractivity (Wildman–Crippen MR) is 57.8 cm³/mol. The third kappa shape index (κ3) is 4.21. The molecule has 2 atom stereocenters. The molecule has 1 rings (SSSR count). The molecule has 0 radical (unpaired) electrons. The standard InChI is InChI=1S/C12H16O2/c1-10(13)9-12(14)8-7-11-5-3-2-4-6-11/h2-8,10,12-14H,9H2,1H3/b8-7-/t10-,12+/m0/s1. The van der Waals surface area contributed by atoms with Crippen molar-refractivity contribution in [3.8, 4) is 0 Å². The quantitative estimate of drug-likeness (QED) is 0.764. The maximum Gasteiger partial charge on any atom is 0.0748 e. The maximum atomic E-state index is 9.43. The van der Waals surface area contributed by atoms with Gasteiger partial charge >= 0.3 is 0 Å². The fourth-order valence-electron chi connectivity index (χ4n) is 1.21. The zero-order chi connectivity index (χ0) is 10.4. The van der Waals surface area contributed by atoms with E-state index in [4.69, 9.17) is 5.11 Å². The lowest BCUT2D eigenvalue weighted by atomic mass is 10.1. The molecule has 0 aromatic heterocycles. The van der Waals surface area contributed by atoms with E-state index < -0.39 is 12.2 Å². The first-order valence-corrected chi connectivity index (χ1v) is 4.78. The minimum Gasteiger partial charge on any atom is -0.393 e. The Morgan fingerprint density at radius 2 is 1.86 bits per heavy atom. The summed E-state index contributed by atoms with van der Waals surface area (Å²) in [6.45, 7) is 1.67. The summed E-state index contributed by atoms with van der Waals surface area (Å²) in [5, 5.41) is 18.5. The van der Waals surface area contributed by atoms with Gasteiger partial charge in [0.25, 0.3) is 0 Å². The van der Waals surface area contributed by atoms with Crippen molar-refractivity contribution in [2.75, 3.05) is 0 Å². The molecule has 2 nitrogen and oxygen atoms in total. The first-order valence-electron chi connectivity index (χ1n) is 4.78. The molecule has 0 aliphatic carbocycles. The van der Waals surface area contributed by atoms with Crippen LogP contribution in [0.5, 0.6) is 0 Å². The lowest BCUT2D eigenvalue weighted by Gasteiger charge is -2.07. The van der Waals surface area contributed by atoms with E-state index in [0.717, 1.165) is 5.56 Å². The molecule has 0 amide bonds. The highest BCUT2D eigenvalue weighted by Crippen LogP contribution is 2.05. The third-order valence-corrected chi connectivity index (χ3v) is 1.89. The molecule has 0 saturated carbocycles. The van der Waals surface area contributed by atoms with Crippen molar-refractivity contribution in [3.05, 3.63) is 42.0 Å². The summed E-state index contributed by atoms with van der Waals surface area (Å²) in [5.41, 5.74) is 1.05. The fourth-order valence-corrected chi connectivity index (χ4v) is 1.21. The van der Waals surface area contributed by atoms with E-state index in [-0.39, 0.29) is 0 Å². The van der Waals surface area contributed by atoms with Gasteiger partial charge in [0.1, 0.15) is 0 Å². The van der Waals surface area contributed by atoms with Crippen molar-refractivity contribution in [3.63, 3.8) is 0 Å². The predicted octanol–water partition coefficient (Wildman–Crippen LogP) is 1.83. The minimum absolute atomic E-state index is 0.378. The summed E-state index contributed by atoms with van der Waals surface area (Å²) >= 11 is 0. The highest BCUT2D eigenvalue weighted by atomic mass is 16.3. The first kappa shape index (κ1) is 11.0. The average Bonchev–Trinajstić information content (AvgIpc) is 2.15. The number of hydrogen-bond donors (Lipinski definition) is 2. The molecule has 0 aliphatic rings. The van der Waals surface area contributed by atoms with Crippen LogP contribution in [-0.4, -0.2) is 22.4 Å². The molecule has 14 heavy (non-hydrogen) atoms. The van der Waals surface area contributed by atoms with E-state index in [1.807, 2.05) is 36.4 Å². The second-order valence-corrected chi connectivity index (χ2v) is 3.42. The number of rotatable bonds is 4. The van der Waals surface area contributed by atoms with Crippen LogP contribution in [0.25, 0.3) is 6.08 Å². The van der Waals surface area contributed by atoms with Crippen LogP contribution in [0.4, 0.5) is 0 Å². The van der Waals surface area contributed by atoms with Crippen LogP contribution in [0, 0.1) is 0 Å². The molecular formula is C12H16O2. The molecule has 2 heteroatoms. The Labute approximate surface area is 84.5 Å². The second-order valence-electron chi connectivity index (χ2n) is 3.42. The number of aliphatic hydroxyl groups excluding tert-OH is 2. The molecule has 76 valence electrons. The van der Waals surface area contributed by atoms with Crippen molar-refractivity contribution in [2.24, 2.45) is 0 Å².